The number of pyridine rings is 1. The van der Waals surface area contributed by atoms with Crippen molar-refractivity contribution in [1.82, 2.24) is 24.8 Å². The highest BCUT2D eigenvalue weighted by atomic mass is 35.5. The van der Waals surface area contributed by atoms with Crippen LogP contribution in [-0.4, -0.2) is 106 Å². The van der Waals surface area contributed by atoms with Gasteiger partial charge in [0, 0.05) is 30.8 Å². The van der Waals surface area contributed by atoms with Crippen LogP contribution in [0, 0.1) is 17.8 Å². The number of carbonyl (C=O) groups is 4. The van der Waals surface area contributed by atoms with Gasteiger partial charge in [-0.1, -0.05) is 44.0 Å². The summed E-state index contributed by atoms with van der Waals surface area (Å²) in [5.74, 6) is -7.10. The number of halogens is 3. The van der Waals surface area contributed by atoms with E-state index in [0.717, 1.165) is 18.7 Å². The number of methoxy groups -OCH3 is 1. The number of alkyl halides is 2. The third-order valence-electron chi connectivity index (χ3n) is 13.0. The van der Waals surface area contributed by atoms with Gasteiger partial charge >= 0.3 is 6.09 Å². The molecule has 59 heavy (non-hydrogen) atoms. The van der Waals surface area contributed by atoms with E-state index in [9.17, 15) is 27.9 Å². The Morgan fingerprint density at radius 1 is 1.19 bits per heavy atom. The Kier molecular flexibility index (Phi) is 12.0. The molecule has 2 saturated carbocycles. The second kappa shape index (κ2) is 16.0. The molecule has 324 valence electrons. The number of carboxylic acid groups (broad SMARTS) is 1. The van der Waals surface area contributed by atoms with Crippen LogP contribution in [0.3, 0.4) is 0 Å². The molecule has 7 atom stereocenters. The summed E-state index contributed by atoms with van der Waals surface area (Å²) < 4.78 is 70.3. The fraction of sp³-hybridized carbons (Fsp3) is 0.634. The number of hydrogen-bond acceptors (Lipinski definition) is 9. The van der Waals surface area contributed by atoms with E-state index >= 15 is 13.6 Å². The molecule has 18 heteroatoms. The van der Waals surface area contributed by atoms with Crippen LogP contribution in [0.1, 0.15) is 92.9 Å². The van der Waals surface area contributed by atoms with E-state index in [-0.39, 0.29) is 42.6 Å². The van der Waals surface area contributed by atoms with Crippen LogP contribution in [0.25, 0.3) is 10.8 Å². The summed E-state index contributed by atoms with van der Waals surface area (Å²) in [5.41, 5.74) is -4.06. The number of fused-ring (bicyclic) bond motifs is 3. The first-order chi connectivity index (χ1) is 27.5. The van der Waals surface area contributed by atoms with Gasteiger partial charge in [-0.2, -0.15) is 0 Å². The number of rotatable bonds is 10. The molecule has 2 aliphatic heterocycles. The van der Waals surface area contributed by atoms with Crippen LogP contribution in [0.2, 0.25) is 5.02 Å². The lowest BCUT2D eigenvalue weighted by Gasteiger charge is -2.47. The molecule has 4 aliphatic rings. The maximum atomic E-state index is 15.5. The van der Waals surface area contributed by atoms with E-state index in [2.05, 4.69) is 15.0 Å². The van der Waals surface area contributed by atoms with Crippen molar-refractivity contribution in [1.29, 1.82) is 0 Å². The molecule has 3 heterocycles. The Hall–Kier alpha value is -4.25. The molecule has 4 amide bonds. The molecule has 1 aromatic carbocycles. The van der Waals surface area contributed by atoms with Crippen molar-refractivity contribution in [2.45, 2.75) is 133 Å². The average molecular weight is 866 g/mol. The zero-order valence-electron chi connectivity index (χ0n) is 34.4. The second-order valence-electron chi connectivity index (χ2n) is 17.5. The summed E-state index contributed by atoms with van der Waals surface area (Å²) in [6.45, 7) is 7.70. The van der Waals surface area contributed by atoms with Crippen molar-refractivity contribution in [3.8, 4) is 11.6 Å². The molecule has 3 fully saturated rings. The predicted octanol–water partition coefficient (Wildman–Crippen LogP) is 6.30. The number of amides is 4. The topological polar surface area (TPSA) is 185 Å². The third kappa shape index (κ3) is 8.42. The maximum Gasteiger partial charge on any atom is 0.408 e. The van der Waals surface area contributed by atoms with E-state index in [1.54, 1.807) is 31.2 Å². The molecular weight excluding hydrogens is 812 g/mol. The lowest BCUT2D eigenvalue weighted by Crippen LogP contribution is -2.67. The van der Waals surface area contributed by atoms with Gasteiger partial charge in [-0.3, -0.25) is 24.0 Å². The average Bonchev–Trinajstić information content (AvgIpc) is 4.03. The van der Waals surface area contributed by atoms with Crippen LogP contribution in [0.4, 0.5) is 13.6 Å². The Balaban J connectivity index is 1.44. The number of hydrogen-bond donors (Lipinski definition) is 3. The number of aromatic nitrogens is 1. The quantitative estimate of drug-likeness (QED) is 0.229. The Bertz CT molecular complexity index is 2150. The van der Waals surface area contributed by atoms with Crippen LogP contribution in [-0.2, 0) is 24.4 Å². The SMILES string of the molecule is CC[C@@H]1C[C@@H](C)CC/C=C\[C@@H]2C[C@@]2(C(=O)NS(=O)(=O)C2(C)CC2)NC(=O)[C@@H]2C[C@@H](Oc3nccc4cc(OC)c(Cl)cc34)CN2C(=O)[C@H]1N(C(=O)O)C(C)(C)C(C)(F)F. The zero-order chi connectivity index (χ0) is 43.5. The van der Waals surface area contributed by atoms with Crippen molar-refractivity contribution < 1.29 is 51.0 Å². The first-order valence-electron chi connectivity index (χ1n) is 20.0. The standard InChI is InChI=1S/C41H54ClF2N5O9S/c1-8-24-17-23(2)11-9-10-12-26-21-41(26,36(52)47-59(55,56)39(5)14-15-39)46-33(50)30-19-27(58-34-28-20-29(42)31(57-7)18-25(28)13-16-45-34)22-48(30)35(51)32(24)49(37(53)54)38(3,4)40(6,43)44/h10,12-13,16,18,20,23-24,26-27,30,32H,8-9,11,14-15,17,19,21-22H2,1-7H3,(H,46,50)(H,47,52)(H,53,54)/b12-10-/t23-,24+,26+,27+,30-,32-,41+/m0/s1. The van der Waals surface area contributed by atoms with Crippen molar-refractivity contribution in [3.63, 3.8) is 0 Å². The fourth-order valence-corrected chi connectivity index (χ4v) is 9.95. The van der Waals surface area contributed by atoms with E-state index in [4.69, 9.17) is 21.1 Å². The summed E-state index contributed by atoms with van der Waals surface area (Å²) in [5, 5.41) is 14.9. The van der Waals surface area contributed by atoms with Gasteiger partial charge in [-0.25, -0.2) is 27.0 Å². The molecule has 1 saturated heterocycles. The second-order valence-corrected chi connectivity index (χ2v) is 20.1. The zero-order valence-corrected chi connectivity index (χ0v) is 36.0. The van der Waals surface area contributed by atoms with Gasteiger partial charge in [0.25, 0.3) is 11.8 Å². The highest BCUT2D eigenvalue weighted by Crippen LogP contribution is 2.48. The summed E-state index contributed by atoms with van der Waals surface area (Å²) in [7, 11) is -2.63. The third-order valence-corrected chi connectivity index (χ3v) is 15.5. The number of carbonyl (C=O) groups excluding carboxylic acids is 3. The Morgan fingerprint density at radius 2 is 1.88 bits per heavy atom. The summed E-state index contributed by atoms with van der Waals surface area (Å²) >= 11 is 6.46. The molecule has 0 unspecified atom stereocenters. The van der Waals surface area contributed by atoms with Crippen LogP contribution in [0.5, 0.6) is 11.6 Å². The molecule has 0 spiro atoms. The Morgan fingerprint density at radius 3 is 2.49 bits per heavy atom. The minimum Gasteiger partial charge on any atom is -0.495 e. The largest absolute Gasteiger partial charge is 0.495 e. The minimum atomic E-state index is -4.10. The summed E-state index contributed by atoms with van der Waals surface area (Å²) in [4.78, 5) is 63.2. The van der Waals surface area contributed by atoms with Gasteiger partial charge in [0.1, 0.15) is 35.0 Å². The normalized spacial score (nSPS) is 29.2. The maximum absolute atomic E-state index is 15.5. The minimum absolute atomic E-state index is 0.0840. The number of ether oxygens (including phenoxy) is 2. The van der Waals surface area contributed by atoms with Crippen molar-refractivity contribution >= 4 is 56.2 Å². The summed E-state index contributed by atoms with van der Waals surface area (Å²) in [6, 6.07) is 1.95. The fourth-order valence-electron chi connectivity index (χ4n) is 8.40. The number of sulfonamides is 1. The molecule has 3 N–H and O–H groups in total. The lowest BCUT2D eigenvalue weighted by atomic mass is 9.81. The molecule has 6 rings (SSSR count). The number of allylic oxidation sites excluding steroid dienone is 1. The molecule has 1 aromatic heterocycles. The highest BCUT2D eigenvalue weighted by Gasteiger charge is 2.63. The molecular formula is C41H54ClF2N5O9S. The van der Waals surface area contributed by atoms with E-state index in [1.807, 2.05) is 13.0 Å². The molecule has 0 radical (unpaired) electrons. The van der Waals surface area contributed by atoms with Crippen molar-refractivity contribution in [2.24, 2.45) is 17.8 Å². The van der Waals surface area contributed by atoms with Crippen molar-refractivity contribution in [2.75, 3.05) is 13.7 Å². The van der Waals surface area contributed by atoms with E-state index in [0.29, 0.717) is 60.4 Å². The van der Waals surface area contributed by atoms with Gasteiger partial charge in [0.2, 0.25) is 27.7 Å². The number of nitrogens with zero attached hydrogens (tertiary/aromatic N) is 3. The van der Waals surface area contributed by atoms with Gasteiger partial charge < -0.3 is 24.8 Å². The number of benzene rings is 1. The first kappa shape index (κ1) is 44.3. The molecule has 2 aliphatic carbocycles. The smallest absolute Gasteiger partial charge is 0.408 e. The van der Waals surface area contributed by atoms with Crippen molar-refractivity contribution in [3.05, 3.63) is 41.6 Å². The Labute approximate surface area is 348 Å². The predicted molar refractivity (Wildman–Crippen MR) is 216 cm³/mol. The van der Waals surface area contributed by atoms with Crippen LogP contribution < -0.4 is 19.5 Å². The highest BCUT2D eigenvalue weighted by molar-refractivity contribution is 7.91. The van der Waals surface area contributed by atoms with Gasteiger partial charge in [-0.05, 0) is 94.7 Å². The van der Waals surface area contributed by atoms with E-state index in [1.165, 1.54) is 20.2 Å². The first-order valence-corrected chi connectivity index (χ1v) is 21.9. The van der Waals surface area contributed by atoms with Crippen LogP contribution >= 0.6 is 11.6 Å². The lowest BCUT2D eigenvalue weighted by molar-refractivity contribution is -0.157. The number of nitrogens with one attached hydrogen (secondary N) is 2. The molecule has 0 bridgehead atoms. The molecule has 2 aromatic rings. The van der Waals surface area contributed by atoms with E-state index < -0.39 is 85.6 Å². The van der Waals surface area contributed by atoms with Gasteiger partial charge in [-0.15, -0.1) is 0 Å². The van der Waals surface area contributed by atoms with Gasteiger partial charge in [0.15, 0.2) is 0 Å². The summed E-state index contributed by atoms with van der Waals surface area (Å²) in [6.07, 6.45) is 4.77. The monoisotopic (exact) mass is 865 g/mol. The molecule has 14 nitrogen and oxygen atoms in total. The van der Waals surface area contributed by atoms with Gasteiger partial charge in [0.05, 0.1) is 23.4 Å². The van der Waals surface area contributed by atoms with Crippen LogP contribution in [0.15, 0.2) is 36.5 Å².